The molecule has 4 nitrogen and oxygen atoms in total. The van der Waals surface area contributed by atoms with Crippen LogP contribution >= 0.6 is 0 Å². The van der Waals surface area contributed by atoms with E-state index in [1.165, 1.54) is 51.4 Å². The Labute approximate surface area is 111 Å². The Morgan fingerprint density at radius 1 is 0.667 bits per heavy atom. The normalized spacial score (nSPS) is 37.7. The van der Waals surface area contributed by atoms with Crippen LogP contribution in [0.3, 0.4) is 0 Å². The first-order chi connectivity index (χ1) is 8.77. The molecule has 0 aromatic heterocycles. The van der Waals surface area contributed by atoms with Crippen LogP contribution in [0.15, 0.2) is 0 Å². The Balaban J connectivity index is 1.57. The Bertz CT molecular complexity index is 210. The monoisotopic (exact) mass is 254 g/mol. The largest absolute Gasteiger partial charge is 0.326 e. The van der Waals surface area contributed by atoms with E-state index < -0.39 is 0 Å². The molecule has 0 heterocycles. The van der Waals surface area contributed by atoms with Gasteiger partial charge in [0.15, 0.2) is 0 Å². The molecule has 2 fully saturated rings. The first kappa shape index (κ1) is 14.3. The predicted molar refractivity (Wildman–Crippen MR) is 76.5 cm³/mol. The van der Waals surface area contributed by atoms with Crippen LogP contribution in [0, 0.1) is 0 Å². The Morgan fingerprint density at radius 3 is 1.44 bits per heavy atom. The van der Waals surface area contributed by atoms with Crippen LogP contribution in [-0.4, -0.2) is 37.3 Å². The maximum absolute atomic E-state index is 6.12. The van der Waals surface area contributed by atoms with Crippen LogP contribution in [0.2, 0.25) is 0 Å². The fourth-order valence-corrected chi connectivity index (χ4v) is 3.34. The topological polar surface area (TPSA) is 76.1 Å². The summed E-state index contributed by atoms with van der Waals surface area (Å²) in [6.07, 6.45) is 10.1. The first-order valence-electron chi connectivity index (χ1n) is 7.75. The minimum Gasteiger partial charge on any atom is -0.326 e. The molecule has 0 radical (unpaired) electrons. The van der Waals surface area contributed by atoms with Gasteiger partial charge in [0, 0.05) is 37.3 Å². The lowest BCUT2D eigenvalue weighted by Crippen LogP contribution is -2.51. The van der Waals surface area contributed by atoms with Gasteiger partial charge in [-0.15, -0.1) is 0 Å². The van der Waals surface area contributed by atoms with Gasteiger partial charge in [-0.05, 0) is 25.7 Å². The maximum atomic E-state index is 6.12. The van der Waals surface area contributed by atoms with Crippen LogP contribution in [0.4, 0.5) is 0 Å². The second kappa shape index (κ2) is 7.43. The van der Waals surface area contributed by atoms with E-state index in [1.54, 1.807) is 0 Å². The summed E-state index contributed by atoms with van der Waals surface area (Å²) in [5, 5.41) is 7.19. The molecule has 0 bridgehead atoms. The highest BCUT2D eigenvalue weighted by molar-refractivity contribution is 4.86. The fraction of sp³-hybridized carbons (Fsp3) is 1.00. The van der Waals surface area contributed by atoms with E-state index in [2.05, 4.69) is 10.6 Å². The van der Waals surface area contributed by atoms with Crippen molar-refractivity contribution in [2.24, 2.45) is 11.5 Å². The zero-order valence-corrected chi connectivity index (χ0v) is 11.5. The molecule has 2 saturated carbocycles. The van der Waals surface area contributed by atoms with Crippen molar-refractivity contribution < 1.29 is 0 Å². The van der Waals surface area contributed by atoms with Crippen LogP contribution < -0.4 is 22.1 Å². The Hall–Kier alpha value is -0.160. The number of rotatable bonds is 5. The first-order valence-corrected chi connectivity index (χ1v) is 7.75. The third kappa shape index (κ3) is 4.19. The molecule has 0 unspecified atom stereocenters. The second-order valence-electron chi connectivity index (χ2n) is 6.02. The van der Waals surface area contributed by atoms with Crippen molar-refractivity contribution in [2.45, 2.75) is 75.5 Å². The second-order valence-corrected chi connectivity index (χ2v) is 6.02. The molecule has 2 rings (SSSR count). The molecule has 106 valence electrons. The van der Waals surface area contributed by atoms with Gasteiger partial charge in [-0.1, -0.05) is 25.7 Å². The standard InChI is InChI=1S/C14H30N4/c15-11-5-1-3-7-13(11)17-9-10-18-14-8-4-2-6-12(14)16/h11-14,17-18H,1-10,15-16H2/t11-,12-,13-,14+/m0/s1. The molecule has 2 aliphatic rings. The molecular formula is C14H30N4. The summed E-state index contributed by atoms with van der Waals surface area (Å²) < 4.78 is 0. The predicted octanol–water partition coefficient (Wildman–Crippen LogP) is 0.705. The van der Waals surface area contributed by atoms with Gasteiger partial charge in [-0.25, -0.2) is 0 Å². The summed E-state index contributed by atoms with van der Waals surface area (Å²) in [6, 6.07) is 1.77. The third-order valence-corrected chi connectivity index (χ3v) is 4.58. The zero-order chi connectivity index (χ0) is 12.8. The number of nitrogens with two attached hydrogens (primary N) is 2. The van der Waals surface area contributed by atoms with Gasteiger partial charge >= 0.3 is 0 Å². The summed E-state index contributed by atoms with van der Waals surface area (Å²) in [7, 11) is 0. The van der Waals surface area contributed by atoms with Gasteiger partial charge in [0.2, 0.25) is 0 Å². The van der Waals surface area contributed by atoms with Gasteiger partial charge in [-0.2, -0.15) is 0 Å². The number of hydrogen-bond donors (Lipinski definition) is 4. The van der Waals surface area contributed by atoms with Crippen molar-refractivity contribution in [2.75, 3.05) is 13.1 Å². The zero-order valence-electron chi connectivity index (χ0n) is 11.5. The Kier molecular flexibility index (Phi) is 5.89. The molecule has 0 aliphatic heterocycles. The van der Waals surface area contributed by atoms with E-state index >= 15 is 0 Å². The van der Waals surface area contributed by atoms with Gasteiger partial charge in [-0.3, -0.25) is 0 Å². The van der Waals surface area contributed by atoms with Crippen molar-refractivity contribution in [3.63, 3.8) is 0 Å². The lowest BCUT2D eigenvalue weighted by atomic mass is 9.90. The molecule has 0 spiro atoms. The molecule has 0 aromatic carbocycles. The van der Waals surface area contributed by atoms with Gasteiger partial charge in [0.25, 0.3) is 0 Å². The number of nitrogens with one attached hydrogen (secondary N) is 2. The highest BCUT2D eigenvalue weighted by Gasteiger charge is 2.22. The molecule has 6 N–H and O–H groups in total. The molecule has 0 saturated heterocycles. The van der Waals surface area contributed by atoms with E-state index in [1.807, 2.05) is 0 Å². The van der Waals surface area contributed by atoms with E-state index in [0.717, 1.165) is 13.1 Å². The highest BCUT2D eigenvalue weighted by Crippen LogP contribution is 2.17. The van der Waals surface area contributed by atoms with E-state index in [0.29, 0.717) is 24.2 Å². The minimum atomic E-state index is 0.357. The molecule has 4 heteroatoms. The van der Waals surface area contributed by atoms with Crippen LogP contribution in [0.25, 0.3) is 0 Å². The molecule has 18 heavy (non-hydrogen) atoms. The summed E-state index contributed by atoms with van der Waals surface area (Å²) in [6.45, 7) is 2.03. The maximum Gasteiger partial charge on any atom is 0.0219 e. The van der Waals surface area contributed by atoms with Gasteiger partial charge in [0.05, 0.1) is 0 Å². The molecule has 0 aromatic rings. The average Bonchev–Trinajstić information content (AvgIpc) is 2.38. The molecular weight excluding hydrogens is 224 g/mol. The molecule has 2 aliphatic carbocycles. The van der Waals surface area contributed by atoms with Crippen LogP contribution in [-0.2, 0) is 0 Å². The Morgan fingerprint density at radius 2 is 1.06 bits per heavy atom. The van der Waals surface area contributed by atoms with Crippen molar-refractivity contribution in [3.8, 4) is 0 Å². The van der Waals surface area contributed by atoms with Crippen molar-refractivity contribution in [1.82, 2.24) is 10.6 Å². The smallest absolute Gasteiger partial charge is 0.0219 e. The van der Waals surface area contributed by atoms with Crippen LogP contribution in [0.5, 0.6) is 0 Å². The quantitative estimate of drug-likeness (QED) is 0.545. The van der Waals surface area contributed by atoms with E-state index in [9.17, 15) is 0 Å². The van der Waals surface area contributed by atoms with Crippen molar-refractivity contribution in [1.29, 1.82) is 0 Å². The third-order valence-electron chi connectivity index (χ3n) is 4.58. The molecule has 0 amide bonds. The fourth-order valence-electron chi connectivity index (χ4n) is 3.34. The van der Waals surface area contributed by atoms with Gasteiger partial charge in [0.1, 0.15) is 0 Å². The highest BCUT2D eigenvalue weighted by atomic mass is 15.0. The van der Waals surface area contributed by atoms with Crippen molar-refractivity contribution >= 4 is 0 Å². The summed E-state index contributed by atoms with van der Waals surface area (Å²) >= 11 is 0. The summed E-state index contributed by atoms with van der Waals surface area (Å²) in [4.78, 5) is 0. The average molecular weight is 254 g/mol. The minimum absolute atomic E-state index is 0.357. The lowest BCUT2D eigenvalue weighted by molar-refractivity contribution is 0.306. The summed E-state index contributed by atoms with van der Waals surface area (Å²) in [5.74, 6) is 0. The lowest BCUT2D eigenvalue weighted by Gasteiger charge is -2.31. The van der Waals surface area contributed by atoms with Gasteiger partial charge < -0.3 is 22.1 Å². The van der Waals surface area contributed by atoms with E-state index in [-0.39, 0.29) is 0 Å². The van der Waals surface area contributed by atoms with E-state index in [4.69, 9.17) is 11.5 Å². The SMILES string of the molecule is N[C@H]1CCCC[C@@H]1NCCN[C@@H]1CCCC[C@@H]1N. The van der Waals surface area contributed by atoms with Crippen molar-refractivity contribution in [3.05, 3.63) is 0 Å². The summed E-state index contributed by atoms with van der Waals surface area (Å²) in [5.41, 5.74) is 12.2. The van der Waals surface area contributed by atoms with Crippen LogP contribution in [0.1, 0.15) is 51.4 Å². The number of hydrogen-bond acceptors (Lipinski definition) is 4. The molecule has 4 atom stereocenters.